The number of rotatable bonds is 7. The van der Waals surface area contributed by atoms with Crippen LogP contribution in [-0.4, -0.2) is 20.3 Å². The quantitative estimate of drug-likeness (QED) is 0.530. The van der Waals surface area contributed by atoms with Crippen molar-refractivity contribution in [3.63, 3.8) is 0 Å². The second kappa shape index (κ2) is 8.53. The van der Waals surface area contributed by atoms with Crippen LogP contribution in [0, 0.1) is 0 Å². The molecule has 0 amide bonds. The van der Waals surface area contributed by atoms with E-state index in [0.29, 0.717) is 6.61 Å². The lowest BCUT2D eigenvalue weighted by Crippen LogP contribution is -2.20. The minimum absolute atomic E-state index is 0.601. The fourth-order valence-corrected chi connectivity index (χ4v) is 4.01. The molecule has 0 atom stereocenters. The van der Waals surface area contributed by atoms with Gasteiger partial charge in [-0.2, -0.15) is 0 Å². The first-order valence-corrected chi connectivity index (χ1v) is 9.45. The molecule has 0 aliphatic carbocycles. The highest BCUT2D eigenvalue weighted by Gasteiger charge is 2.08. The first-order valence-electron chi connectivity index (χ1n) is 6.19. The van der Waals surface area contributed by atoms with Crippen LogP contribution in [0.4, 0.5) is 0 Å². The van der Waals surface area contributed by atoms with Crippen molar-refractivity contribution in [2.45, 2.75) is 6.54 Å². The van der Waals surface area contributed by atoms with E-state index in [1.807, 2.05) is 12.1 Å². The van der Waals surface area contributed by atoms with Crippen LogP contribution >= 0.6 is 59.1 Å². The molecule has 0 fully saturated rings. The average Bonchev–Trinajstić information content (AvgIpc) is 2.87. The van der Waals surface area contributed by atoms with Gasteiger partial charge in [0.05, 0.1) is 16.1 Å². The summed E-state index contributed by atoms with van der Waals surface area (Å²) in [6.07, 6.45) is 0. The molecule has 1 aromatic heterocycles. The fourth-order valence-electron chi connectivity index (χ4n) is 1.67. The molecular weight excluding hydrogens is 486 g/mol. The molecule has 21 heavy (non-hydrogen) atoms. The van der Waals surface area contributed by atoms with Gasteiger partial charge in [0.1, 0.15) is 18.1 Å². The van der Waals surface area contributed by atoms with E-state index in [1.54, 1.807) is 18.4 Å². The zero-order valence-corrected chi connectivity index (χ0v) is 16.9. The average molecular weight is 500 g/mol. The maximum atomic E-state index is 5.76. The van der Waals surface area contributed by atoms with Gasteiger partial charge in [-0.3, -0.25) is 0 Å². The van der Waals surface area contributed by atoms with E-state index >= 15 is 0 Å². The molecular formula is C14H14Br3NO2S. The van der Waals surface area contributed by atoms with Gasteiger partial charge < -0.3 is 14.8 Å². The van der Waals surface area contributed by atoms with Crippen LogP contribution in [0.1, 0.15) is 4.88 Å². The predicted molar refractivity (Wildman–Crippen MR) is 97.6 cm³/mol. The second-order valence-electron chi connectivity index (χ2n) is 4.17. The van der Waals surface area contributed by atoms with Crippen LogP contribution in [0.15, 0.2) is 37.0 Å². The van der Waals surface area contributed by atoms with Gasteiger partial charge in [0.25, 0.3) is 0 Å². The summed E-state index contributed by atoms with van der Waals surface area (Å²) >= 11 is 12.1. The summed E-state index contributed by atoms with van der Waals surface area (Å²) in [6.45, 7) is 2.24. The van der Waals surface area contributed by atoms with Crippen molar-refractivity contribution in [2.75, 3.05) is 20.3 Å². The van der Waals surface area contributed by atoms with E-state index in [1.165, 1.54) is 4.88 Å². The second-order valence-corrected chi connectivity index (χ2v) is 7.79. The van der Waals surface area contributed by atoms with Crippen LogP contribution in [-0.2, 0) is 6.54 Å². The van der Waals surface area contributed by atoms with Gasteiger partial charge in [-0.1, -0.05) is 0 Å². The maximum Gasteiger partial charge on any atom is 0.134 e. The molecule has 0 bridgehead atoms. The Hall–Kier alpha value is -0.0800. The minimum Gasteiger partial charge on any atom is -0.496 e. The molecule has 0 spiro atoms. The monoisotopic (exact) mass is 497 g/mol. The topological polar surface area (TPSA) is 30.5 Å². The van der Waals surface area contributed by atoms with Gasteiger partial charge in [-0.25, -0.2) is 0 Å². The molecule has 1 heterocycles. The normalized spacial score (nSPS) is 10.7. The van der Waals surface area contributed by atoms with Gasteiger partial charge in [0, 0.05) is 27.8 Å². The minimum atomic E-state index is 0.601. The number of ether oxygens (including phenoxy) is 2. The summed E-state index contributed by atoms with van der Waals surface area (Å²) in [5.74, 6) is 1.57. The number of nitrogens with one attached hydrogen (secondary N) is 1. The highest BCUT2D eigenvalue weighted by atomic mass is 79.9. The van der Waals surface area contributed by atoms with E-state index in [-0.39, 0.29) is 0 Å². The molecule has 2 rings (SSSR count). The summed E-state index contributed by atoms with van der Waals surface area (Å²) in [5.41, 5.74) is 0. The van der Waals surface area contributed by atoms with E-state index in [4.69, 9.17) is 9.47 Å². The van der Waals surface area contributed by atoms with Crippen molar-refractivity contribution in [3.05, 3.63) is 41.9 Å². The van der Waals surface area contributed by atoms with Crippen molar-refractivity contribution in [2.24, 2.45) is 0 Å². The Morgan fingerprint density at radius 1 is 1.10 bits per heavy atom. The highest BCUT2D eigenvalue weighted by Crippen LogP contribution is 2.35. The number of methoxy groups -OCH3 is 1. The van der Waals surface area contributed by atoms with Gasteiger partial charge in [-0.05, 0) is 66.0 Å². The lowest BCUT2D eigenvalue weighted by Gasteiger charge is -2.11. The zero-order chi connectivity index (χ0) is 15.2. The molecule has 1 aromatic carbocycles. The first-order chi connectivity index (χ1) is 10.1. The van der Waals surface area contributed by atoms with Crippen molar-refractivity contribution < 1.29 is 9.47 Å². The van der Waals surface area contributed by atoms with E-state index < -0.39 is 0 Å². The Balaban J connectivity index is 1.77. The third-order valence-corrected chi connectivity index (χ3v) is 5.60. The van der Waals surface area contributed by atoms with Crippen LogP contribution in [0.25, 0.3) is 0 Å². The van der Waals surface area contributed by atoms with Gasteiger partial charge in [-0.15, -0.1) is 11.3 Å². The Morgan fingerprint density at radius 3 is 2.48 bits per heavy atom. The van der Waals surface area contributed by atoms with Crippen molar-refractivity contribution in [3.8, 4) is 11.5 Å². The van der Waals surface area contributed by atoms with Crippen LogP contribution in [0.3, 0.4) is 0 Å². The maximum absolute atomic E-state index is 5.76. The van der Waals surface area contributed by atoms with Crippen LogP contribution in [0.5, 0.6) is 11.5 Å². The van der Waals surface area contributed by atoms with Crippen molar-refractivity contribution in [1.82, 2.24) is 5.32 Å². The van der Waals surface area contributed by atoms with E-state index in [2.05, 4.69) is 64.6 Å². The standard InChI is InChI=1S/C14H14Br3NO2S/c1-19-13-5-12(17)14(6-11(13)16)20-3-2-18-7-10-4-9(15)8-21-10/h4-6,8,18H,2-3,7H2,1H3. The van der Waals surface area contributed by atoms with Crippen molar-refractivity contribution in [1.29, 1.82) is 0 Å². The molecule has 0 saturated carbocycles. The van der Waals surface area contributed by atoms with E-state index in [0.717, 1.165) is 38.0 Å². The van der Waals surface area contributed by atoms with Gasteiger partial charge >= 0.3 is 0 Å². The molecule has 0 aliphatic rings. The summed E-state index contributed by atoms with van der Waals surface area (Å²) in [7, 11) is 1.64. The Morgan fingerprint density at radius 2 is 1.81 bits per heavy atom. The lowest BCUT2D eigenvalue weighted by molar-refractivity contribution is 0.311. The van der Waals surface area contributed by atoms with Crippen molar-refractivity contribution >= 4 is 59.1 Å². The first kappa shape index (κ1) is 17.3. The number of hydrogen-bond acceptors (Lipinski definition) is 4. The molecule has 1 N–H and O–H groups in total. The predicted octanol–water partition coefficient (Wildman–Crippen LogP) is 5.21. The van der Waals surface area contributed by atoms with Crippen LogP contribution in [0.2, 0.25) is 0 Å². The molecule has 0 unspecified atom stereocenters. The molecule has 2 aromatic rings. The Kier molecular flexibility index (Phi) is 7.01. The number of thiophene rings is 1. The molecule has 3 nitrogen and oxygen atoms in total. The lowest BCUT2D eigenvalue weighted by atomic mass is 10.3. The number of halogens is 3. The largest absolute Gasteiger partial charge is 0.496 e. The molecule has 0 aliphatic heterocycles. The van der Waals surface area contributed by atoms with E-state index in [9.17, 15) is 0 Å². The third-order valence-electron chi connectivity index (χ3n) is 2.66. The molecule has 0 saturated heterocycles. The molecule has 114 valence electrons. The summed E-state index contributed by atoms with van der Waals surface area (Å²) < 4.78 is 13.9. The van der Waals surface area contributed by atoms with Crippen LogP contribution < -0.4 is 14.8 Å². The Labute approximate surface area is 153 Å². The fraction of sp³-hybridized carbons (Fsp3) is 0.286. The summed E-state index contributed by atoms with van der Waals surface area (Å²) in [5, 5.41) is 5.44. The van der Waals surface area contributed by atoms with Gasteiger partial charge in [0.15, 0.2) is 0 Å². The van der Waals surface area contributed by atoms with Gasteiger partial charge in [0.2, 0.25) is 0 Å². The SMILES string of the molecule is COc1cc(Br)c(OCCNCc2cc(Br)cs2)cc1Br. The molecule has 7 heteroatoms. The third kappa shape index (κ3) is 5.25. The summed E-state index contributed by atoms with van der Waals surface area (Å²) in [4.78, 5) is 1.30. The molecule has 0 radical (unpaired) electrons. The number of benzene rings is 1. The number of hydrogen-bond donors (Lipinski definition) is 1. The summed E-state index contributed by atoms with van der Waals surface area (Å²) in [6, 6.07) is 5.91. The highest BCUT2D eigenvalue weighted by molar-refractivity contribution is 9.11. The smallest absolute Gasteiger partial charge is 0.134 e. The zero-order valence-electron chi connectivity index (χ0n) is 11.3. The Bertz CT molecular complexity index is 604.